The van der Waals surface area contributed by atoms with Gasteiger partial charge in [0.15, 0.2) is 11.5 Å². The van der Waals surface area contributed by atoms with Crippen molar-refractivity contribution in [2.45, 2.75) is 25.7 Å². The Morgan fingerprint density at radius 3 is 2.10 bits per heavy atom. The minimum atomic E-state index is -3.34. The third kappa shape index (κ3) is 6.68. The normalized spacial score (nSPS) is 11.2. The zero-order chi connectivity index (χ0) is 15.7. The summed E-state index contributed by atoms with van der Waals surface area (Å²) in [7, 11) is -0.186. The molecule has 1 aromatic rings. The molecule has 6 nitrogen and oxygen atoms in total. The van der Waals surface area contributed by atoms with E-state index in [0.29, 0.717) is 30.3 Å². The van der Waals surface area contributed by atoms with E-state index in [9.17, 15) is 8.42 Å². The van der Waals surface area contributed by atoms with E-state index in [4.69, 9.17) is 19.3 Å². The quantitative estimate of drug-likeness (QED) is 0.666. The van der Waals surface area contributed by atoms with Crippen molar-refractivity contribution >= 4 is 10.0 Å². The number of primary sulfonamides is 1. The average molecular weight is 317 g/mol. The van der Waals surface area contributed by atoms with Gasteiger partial charge in [-0.2, -0.15) is 0 Å². The van der Waals surface area contributed by atoms with Gasteiger partial charge < -0.3 is 14.2 Å². The van der Waals surface area contributed by atoms with E-state index in [1.54, 1.807) is 14.2 Å². The predicted molar refractivity (Wildman–Crippen MR) is 81.5 cm³/mol. The summed E-state index contributed by atoms with van der Waals surface area (Å²) in [6.45, 7) is 0.520. The van der Waals surface area contributed by atoms with Gasteiger partial charge >= 0.3 is 0 Å². The Kier molecular flexibility index (Phi) is 7.31. The first-order valence-corrected chi connectivity index (χ1v) is 8.53. The highest BCUT2D eigenvalue weighted by Gasteiger charge is 2.10. The number of para-hydroxylation sites is 1. The van der Waals surface area contributed by atoms with Crippen LogP contribution in [0.3, 0.4) is 0 Å². The van der Waals surface area contributed by atoms with Crippen LogP contribution in [0.15, 0.2) is 18.2 Å². The Bertz CT molecular complexity index is 508. The first kappa shape index (κ1) is 17.6. The van der Waals surface area contributed by atoms with Gasteiger partial charge in [-0.1, -0.05) is 18.9 Å². The molecule has 0 saturated heterocycles. The molecule has 7 heteroatoms. The van der Waals surface area contributed by atoms with Crippen LogP contribution in [0, 0.1) is 0 Å². The molecule has 0 bridgehead atoms. The van der Waals surface area contributed by atoms with E-state index in [0.717, 1.165) is 19.3 Å². The minimum Gasteiger partial charge on any atom is -0.493 e. The number of hydrogen-bond acceptors (Lipinski definition) is 5. The third-order valence-electron chi connectivity index (χ3n) is 2.95. The summed E-state index contributed by atoms with van der Waals surface area (Å²) >= 11 is 0. The van der Waals surface area contributed by atoms with Gasteiger partial charge in [0.25, 0.3) is 0 Å². The number of rotatable bonds is 10. The van der Waals surface area contributed by atoms with Crippen molar-refractivity contribution in [2.75, 3.05) is 26.6 Å². The van der Waals surface area contributed by atoms with Crippen molar-refractivity contribution in [3.05, 3.63) is 18.2 Å². The van der Waals surface area contributed by atoms with Crippen molar-refractivity contribution in [3.63, 3.8) is 0 Å². The van der Waals surface area contributed by atoms with Gasteiger partial charge in [-0.15, -0.1) is 0 Å². The molecule has 0 radical (unpaired) electrons. The molecule has 0 aliphatic carbocycles. The summed E-state index contributed by atoms with van der Waals surface area (Å²) in [4.78, 5) is 0. The lowest BCUT2D eigenvalue weighted by Gasteiger charge is -2.13. The fourth-order valence-corrected chi connectivity index (χ4v) is 2.50. The van der Waals surface area contributed by atoms with E-state index in [-0.39, 0.29) is 5.75 Å². The lowest BCUT2D eigenvalue weighted by molar-refractivity contribution is 0.267. The zero-order valence-electron chi connectivity index (χ0n) is 12.5. The molecular formula is C14H23NO5S. The molecule has 0 fully saturated rings. The number of unbranched alkanes of at least 4 members (excludes halogenated alkanes) is 3. The van der Waals surface area contributed by atoms with Crippen molar-refractivity contribution in [1.29, 1.82) is 0 Å². The molecule has 1 rings (SSSR count). The van der Waals surface area contributed by atoms with Crippen molar-refractivity contribution in [1.82, 2.24) is 0 Å². The summed E-state index contributed by atoms with van der Waals surface area (Å²) < 4.78 is 37.7. The summed E-state index contributed by atoms with van der Waals surface area (Å²) in [6.07, 6.45) is 3.10. The standard InChI is InChI=1S/C14H23NO5S/c1-18-12-8-7-9-13(19-2)14(12)20-10-5-3-4-6-11-21(15,16)17/h7-9H,3-6,10-11H2,1-2H3,(H2,15,16,17). The number of methoxy groups -OCH3 is 2. The number of sulfonamides is 1. The van der Waals surface area contributed by atoms with Crippen LogP contribution in [0.25, 0.3) is 0 Å². The van der Waals surface area contributed by atoms with E-state index in [1.807, 2.05) is 18.2 Å². The SMILES string of the molecule is COc1cccc(OC)c1OCCCCCCS(N)(=O)=O. The van der Waals surface area contributed by atoms with Gasteiger partial charge in [-0.25, -0.2) is 13.6 Å². The third-order valence-corrected chi connectivity index (χ3v) is 3.81. The summed E-state index contributed by atoms with van der Waals surface area (Å²) in [5.41, 5.74) is 0. The zero-order valence-corrected chi connectivity index (χ0v) is 13.3. The lowest BCUT2D eigenvalue weighted by atomic mass is 10.2. The fourth-order valence-electron chi connectivity index (χ4n) is 1.89. The van der Waals surface area contributed by atoms with Gasteiger partial charge in [-0.3, -0.25) is 0 Å². The molecule has 0 amide bonds. The van der Waals surface area contributed by atoms with Crippen LogP contribution >= 0.6 is 0 Å². The Balaban J connectivity index is 2.33. The molecule has 0 heterocycles. The first-order valence-electron chi connectivity index (χ1n) is 6.82. The molecular weight excluding hydrogens is 294 g/mol. The van der Waals surface area contributed by atoms with Gasteiger partial charge in [0, 0.05) is 0 Å². The summed E-state index contributed by atoms with van der Waals surface area (Å²) in [6, 6.07) is 5.45. The van der Waals surface area contributed by atoms with Crippen LogP contribution in [-0.2, 0) is 10.0 Å². The van der Waals surface area contributed by atoms with Gasteiger partial charge in [0.1, 0.15) is 0 Å². The average Bonchev–Trinajstić information content (AvgIpc) is 2.44. The molecule has 0 spiro atoms. The van der Waals surface area contributed by atoms with Crippen molar-refractivity contribution in [3.8, 4) is 17.2 Å². The van der Waals surface area contributed by atoms with Crippen LogP contribution in [0.4, 0.5) is 0 Å². The second-order valence-corrected chi connectivity index (χ2v) is 6.36. The lowest BCUT2D eigenvalue weighted by Crippen LogP contribution is -2.16. The summed E-state index contributed by atoms with van der Waals surface area (Å²) in [5, 5.41) is 4.94. The maximum absolute atomic E-state index is 10.8. The Hall–Kier alpha value is -1.47. The number of hydrogen-bond donors (Lipinski definition) is 1. The Morgan fingerprint density at radius 2 is 1.57 bits per heavy atom. The molecule has 0 saturated carbocycles. The maximum Gasteiger partial charge on any atom is 0.209 e. The molecule has 120 valence electrons. The highest BCUT2D eigenvalue weighted by molar-refractivity contribution is 7.89. The van der Waals surface area contributed by atoms with E-state index in [1.165, 1.54) is 0 Å². The highest BCUT2D eigenvalue weighted by Crippen LogP contribution is 2.36. The topological polar surface area (TPSA) is 87.8 Å². The Morgan fingerprint density at radius 1 is 1.00 bits per heavy atom. The molecule has 0 unspecified atom stereocenters. The number of ether oxygens (including phenoxy) is 3. The van der Waals surface area contributed by atoms with Crippen LogP contribution in [-0.4, -0.2) is 35.0 Å². The second kappa shape index (κ2) is 8.74. The molecule has 2 N–H and O–H groups in total. The minimum absolute atomic E-state index is 0.0359. The molecule has 0 aliphatic heterocycles. The first-order chi connectivity index (χ1) is 9.98. The molecule has 0 atom stereocenters. The molecule has 21 heavy (non-hydrogen) atoms. The summed E-state index contributed by atoms with van der Waals surface area (Å²) in [5.74, 6) is 1.88. The van der Waals surface area contributed by atoms with Crippen LogP contribution in [0.2, 0.25) is 0 Å². The highest BCUT2D eigenvalue weighted by atomic mass is 32.2. The fraction of sp³-hybridized carbons (Fsp3) is 0.571. The van der Waals surface area contributed by atoms with Gasteiger partial charge in [0.05, 0.1) is 26.6 Å². The Labute approximate surface area is 126 Å². The smallest absolute Gasteiger partial charge is 0.209 e. The van der Waals surface area contributed by atoms with Crippen LogP contribution in [0.1, 0.15) is 25.7 Å². The van der Waals surface area contributed by atoms with E-state index >= 15 is 0 Å². The largest absolute Gasteiger partial charge is 0.493 e. The van der Waals surface area contributed by atoms with Crippen LogP contribution < -0.4 is 19.3 Å². The molecule has 1 aromatic carbocycles. The van der Waals surface area contributed by atoms with E-state index < -0.39 is 10.0 Å². The van der Waals surface area contributed by atoms with E-state index in [2.05, 4.69) is 0 Å². The maximum atomic E-state index is 10.8. The number of benzene rings is 1. The van der Waals surface area contributed by atoms with Gasteiger partial charge in [-0.05, 0) is 25.0 Å². The monoisotopic (exact) mass is 317 g/mol. The molecule has 0 aliphatic rings. The number of nitrogens with two attached hydrogens (primary N) is 1. The van der Waals surface area contributed by atoms with Crippen molar-refractivity contribution < 1.29 is 22.6 Å². The van der Waals surface area contributed by atoms with Gasteiger partial charge in [0.2, 0.25) is 15.8 Å². The van der Waals surface area contributed by atoms with Crippen molar-refractivity contribution in [2.24, 2.45) is 5.14 Å². The second-order valence-electron chi connectivity index (χ2n) is 4.62. The van der Waals surface area contributed by atoms with Crippen LogP contribution in [0.5, 0.6) is 17.2 Å². The molecule has 0 aromatic heterocycles. The predicted octanol–water partition coefficient (Wildman–Crippen LogP) is 1.93.